The van der Waals surface area contributed by atoms with Crippen LogP contribution < -0.4 is 5.32 Å². The molecule has 0 atom stereocenters. The molecule has 0 saturated carbocycles. The molecule has 0 radical (unpaired) electrons. The average Bonchev–Trinajstić information content (AvgIpc) is 2.90. The van der Waals surface area contributed by atoms with Gasteiger partial charge in [0, 0.05) is 19.3 Å². The summed E-state index contributed by atoms with van der Waals surface area (Å²) in [5, 5.41) is 3.38. The zero-order valence-electron chi connectivity index (χ0n) is 12.5. The number of hydrogen-bond donors (Lipinski definition) is 1. The highest BCUT2D eigenvalue weighted by atomic mass is 15.1. The second-order valence-electron chi connectivity index (χ2n) is 5.66. The van der Waals surface area contributed by atoms with Crippen molar-refractivity contribution in [1.82, 2.24) is 14.5 Å². The van der Waals surface area contributed by atoms with Crippen LogP contribution in [0.2, 0.25) is 0 Å². The molecule has 21 heavy (non-hydrogen) atoms. The predicted octanol–water partition coefficient (Wildman–Crippen LogP) is 3.55. The van der Waals surface area contributed by atoms with Crippen LogP contribution in [-0.4, -0.2) is 21.1 Å². The second-order valence-corrected chi connectivity index (χ2v) is 5.66. The molecule has 0 fully saturated rings. The Bertz CT molecular complexity index is 716. The van der Waals surface area contributed by atoms with E-state index in [0.717, 1.165) is 29.9 Å². The minimum absolute atomic E-state index is 0.577. The van der Waals surface area contributed by atoms with Gasteiger partial charge in [-0.05, 0) is 17.5 Å². The van der Waals surface area contributed by atoms with Crippen molar-refractivity contribution in [1.29, 1.82) is 0 Å². The van der Waals surface area contributed by atoms with Gasteiger partial charge < -0.3 is 9.88 Å². The van der Waals surface area contributed by atoms with E-state index in [1.807, 2.05) is 24.7 Å². The van der Waals surface area contributed by atoms with Gasteiger partial charge >= 0.3 is 0 Å². The summed E-state index contributed by atoms with van der Waals surface area (Å²) in [5.74, 6) is 1.45. The van der Waals surface area contributed by atoms with E-state index >= 15 is 0 Å². The maximum Gasteiger partial charge on any atom is 0.154 e. The predicted molar refractivity (Wildman–Crippen MR) is 86.4 cm³/mol. The van der Waals surface area contributed by atoms with Gasteiger partial charge in [-0.25, -0.2) is 9.97 Å². The largest absolute Gasteiger partial charge is 0.368 e. The molecular weight excluding hydrogens is 260 g/mol. The minimum atomic E-state index is 0.577. The molecule has 0 aliphatic rings. The number of rotatable bonds is 5. The quantitative estimate of drug-likeness (QED) is 0.777. The number of benzene rings is 1. The summed E-state index contributed by atoms with van der Waals surface area (Å²) in [5.41, 5.74) is 3.32. The lowest BCUT2D eigenvalue weighted by atomic mass is 10.2. The summed E-state index contributed by atoms with van der Waals surface area (Å²) in [6.45, 7) is 6.09. The van der Waals surface area contributed by atoms with Gasteiger partial charge in [-0.3, -0.25) is 0 Å². The van der Waals surface area contributed by atoms with Gasteiger partial charge in [-0.15, -0.1) is 0 Å². The minimum Gasteiger partial charge on any atom is -0.368 e. The van der Waals surface area contributed by atoms with Crippen LogP contribution in [0.25, 0.3) is 11.0 Å². The zero-order chi connectivity index (χ0) is 14.7. The molecule has 3 rings (SSSR count). The summed E-state index contributed by atoms with van der Waals surface area (Å²) in [7, 11) is 0. The zero-order valence-corrected chi connectivity index (χ0v) is 12.5. The first-order valence-electron chi connectivity index (χ1n) is 7.31. The highest BCUT2D eigenvalue weighted by Crippen LogP contribution is 2.20. The Morgan fingerprint density at radius 3 is 2.67 bits per heavy atom. The second kappa shape index (κ2) is 5.95. The molecule has 0 amide bonds. The molecule has 0 spiro atoms. The first-order chi connectivity index (χ1) is 10.2. The fraction of sp³-hybridized carbons (Fsp3) is 0.294. The van der Waals surface area contributed by atoms with Gasteiger partial charge in [0.05, 0.1) is 11.8 Å². The number of fused-ring (bicyclic) bond motifs is 1. The lowest BCUT2D eigenvalue weighted by molar-refractivity contribution is 0.687. The molecule has 0 bridgehead atoms. The highest BCUT2D eigenvalue weighted by Gasteiger charge is 2.09. The summed E-state index contributed by atoms with van der Waals surface area (Å²) >= 11 is 0. The smallest absolute Gasteiger partial charge is 0.154 e. The van der Waals surface area contributed by atoms with Gasteiger partial charge in [-0.1, -0.05) is 44.2 Å². The standard InChI is InChI=1S/C17H20N4/c1-13(2)10-19-17-16-15(8-9-18-17)21(12-20-16)11-14-6-4-3-5-7-14/h3-9,12-13H,10-11H2,1-2H3,(H,18,19). The van der Waals surface area contributed by atoms with E-state index in [-0.39, 0.29) is 0 Å². The van der Waals surface area contributed by atoms with Crippen molar-refractivity contribution in [2.45, 2.75) is 20.4 Å². The molecule has 3 aromatic rings. The van der Waals surface area contributed by atoms with Gasteiger partial charge in [-0.2, -0.15) is 0 Å². The molecule has 0 saturated heterocycles. The maximum atomic E-state index is 4.53. The number of anilines is 1. The van der Waals surface area contributed by atoms with Crippen molar-refractivity contribution < 1.29 is 0 Å². The van der Waals surface area contributed by atoms with Crippen LogP contribution in [0.4, 0.5) is 5.82 Å². The molecule has 4 heteroatoms. The Morgan fingerprint density at radius 2 is 1.90 bits per heavy atom. The van der Waals surface area contributed by atoms with E-state index < -0.39 is 0 Å². The average molecular weight is 280 g/mol. The lowest BCUT2D eigenvalue weighted by Crippen LogP contribution is -2.09. The highest BCUT2D eigenvalue weighted by molar-refractivity contribution is 5.85. The molecule has 0 unspecified atom stereocenters. The Labute approximate surface area is 124 Å². The third-order valence-electron chi connectivity index (χ3n) is 3.41. The SMILES string of the molecule is CC(C)CNc1nccc2c1ncn2Cc1ccccc1. The Morgan fingerprint density at radius 1 is 1.10 bits per heavy atom. The van der Waals surface area contributed by atoms with Crippen molar-refractivity contribution in [3.63, 3.8) is 0 Å². The molecule has 2 heterocycles. The molecule has 1 aromatic carbocycles. The Hall–Kier alpha value is -2.36. The van der Waals surface area contributed by atoms with Crippen molar-refractivity contribution >= 4 is 16.9 Å². The molecule has 108 valence electrons. The van der Waals surface area contributed by atoms with Crippen LogP contribution in [-0.2, 0) is 6.54 Å². The molecule has 0 aliphatic carbocycles. The first kappa shape index (κ1) is 13.6. The summed E-state index contributed by atoms with van der Waals surface area (Å²) < 4.78 is 2.16. The Kier molecular flexibility index (Phi) is 3.86. The number of nitrogens with zero attached hydrogens (tertiary/aromatic N) is 3. The van der Waals surface area contributed by atoms with Crippen molar-refractivity contribution in [2.75, 3.05) is 11.9 Å². The number of pyridine rings is 1. The van der Waals surface area contributed by atoms with Crippen LogP contribution in [0.1, 0.15) is 19.4 Å². The van der Waals surface area contributed by atoms with Gasteiger partial charge in [0.1, 0.15) is 5.52 Å². The van der Waals surface area contributed by atoms with Crippen molar-refractivity contribution in [3.8, 4) is 0 Å². The van der Waals surface area contributed by atoms with E-state index in [1.165, 1.54) is 5.56 Å². The number of hydrogen-bond acceptors (Lipinski definition) is 3. The van der Waals surface area contributed by atoms with Crippen LogP contribution in [0.3, 0.4) is 0 Å². The maximum absolute atomic E-state index is 4.53. The van der Waals surface area contributed by atoms with Crippen LogP contribution in [0.5, 0.6) is 0 Å². The third kappa shape index (κ3) is 3.05. The van der Waals surface area contributed by atoms with Crippen LogP contribution in [0.15, 0.2) is 48.9 Å². The fourth-order valence-electron chi connectivity index (χ4n) is 2.33. The summed E-state index contributed by atoms with van der Waals surface area (Å²) in [4.78, 5) is 8.94. The van der Waals surface area contributed by atoms with E-state index in [1.54, 1.807) is 0 Å². The fourth-order valence-corrected chi connectivity index (χ4v) is 2.33. The molecule has 2 aromatic heterocycles. The van der Waals surface area contributed by atoms with Gasteiger partial charge in [0.25, 0.3) is 0 Å². The summed E-state index contributed by atoms with van der Waals surface area (Å²) in [6, 6.07) is 12.4. The van der Waals surface area contributed by atoms with E-state index in [2.05, 4.69) is 58.0 Å². The summed E-state index contributed by atoms with van der Waals surface area (Å²) in [6.07, 6.45) is 3.73. The lowest BCUT2D eigenvalue weighted by Gasteiger charge is -2.09. The first-order valence-corrected chi connectivity index (χ1v) is 7.31. The monoisotopic (exact) mass is 280 g/mol. The van der Waals surface area contributed by atoms with Gasteiger partial charge in [0.2, 0.25) is 0 Å². The number of imidazole rings is 1. The molecule has 0 aliphatic heterocycles. The third-order valence-corrected chi connectivity index (χ3v) is 3.41. The molecule has 1 N–H and O–H groups in total. The molecule has 4 nitrogen and oxygen atoms in total. The normalized spacial score (nSPS) is 11.2. The topological polar surface area (TPSA) is 42.7 Å². The van der Waals surface area contributed by atoms with Crippen molar-refractivity contribution in [2.24, 2.45) is 5.92 Å². The van der Waals surface area contributed by atoms with Crippen molar-refractivity contribution in [3.05, 3.63) is 54.5 Å². The van der Waals surface area contributed by atoms with E-state index in [0.29, 0.717) is 5.92 Å². The van der Waals surface area contributed by atoms with Gasteiger partial charge in [0.15, 0.2) is 5.82 Å². The van der Waals surface area contributed by atoms with Crippen LogP contribution in [0, 0.1) is 5.92 Å². The van der Waals surface area contributed by atoms with E-state index in [9.17, 15) is 0 Å². The van der Waals surface area contributed by atoms with E-state index in [4.69, 9.17) is 0 Å². The molecular formula is C17H20N4. The number of nitrogens with one attached hydrogen (secondary N) is 1. The van der Waals surface area contributed by atoms with Crippen LogP contribution >= 0.6 is 0 Å². The number of aromatic nitrogens is 3. The Balaban J connectivity index is 1.90.